The molecule has 0 atom stereocenters. The molecule has 1 saturated carbocycles. The minimum Gasteiger partial charge on any atom is -0.493 e. The van der Waals surface area contributed by atoms with Crippen LogP contribution >= 0.6 is 0 Å². The Hall–Kier alpha value is -3.28. The van der Waals surface area contributed by atoms with Gasteiger partial charge in [0.2, 0.25) is 0 Å². The summed E-state index contributed by atoms with van der Waals surface area (Å²) >= 11 is 0. The van der Waals surface area contributed by atoms with Crippen molar-refractivity contribution in [1.82, 2.24) is 20.2 Å². The monoisotopic (exact) mass is 417 g/mol. The Labute approximate surface area is 184 Å². The molecule has 1 aliphatic carbocycles. The second-order valence-electron chi connectivity index (χ2n) is 7.97. The predicted molar refractivity (Wildman–Crippen MR) is 124 cm³/mol. The number of imidazole rings is 1. The third-order valence-corrected chi connectivity index (χ3v) is 5.27. The van der Waals surface area contributed by atoms with Crippen molar-refractivity contribution in [3.05, 3.63) is 83.9 Å². The third-order valence-electron chi connectivity index (χ3n) is 5.27. The van der Waals surface area contributed by atoms with Gasteiger partial charge in [0.05, 0.1) is 19.5 Å². The molecule has 4 rings (SSSR count). The molecule has 0 unspecified atom stereocenters. The summed E-state index contributed by atoms with van der Waals surface area (Å²) in [6.45, 7) is 5.82. The maximum atomic E-state index is 6.03. The molecular formula is C25H31N5O. The lowest BCUT2D eigenvalue weighted by molar-refractivity contribution is 0.296. The molecule has 0 bridgehead atoms. The summed E-state index contributed by atoms with van der Waals surface area (Å²) in [7, 11) is 0. The number of aliphatic imine (C=N–C) groups is 1. The van der Waals surface area contributed by atoms with Crippen LogP contribution in [0.2, 0.25) is 0 Å². The first-order valence-electron chi connectivity index (χ1n) is 11.1. The first-order chi connectivity index (χ1) is 15.3. The Balaban J connectivity index is 1.36. The third kappa shape index (κ3) is 6.60. The minimum absolute atomic E-state index is 0.618. The first-order valence-corrected chi connectivity index (χ1v) is 11.1. The zero-order valence-electron chi connectivity index (χ0n) is 18.1. The zero-order chi connectivity index (χ0) is 21.3. The maximum absolute atomic E-state index is 6.03. The van der Waals surface area contributed by atoms with Crippen LogP contribution in [0.3, 0.4) is 0 Å². The molecule has 0 saturated heterocycles. The summed E-state index contributed by atoms with van der Waals surface area (Å²) in [6.07, 6.45) is 8.20. The molecule has 1 heterocycles. The molecule has 2 N–H and O–H groups in total. The summed E-state index contributed by atoms with van der Waals surface area (Å²) in [5.74, 6) is 2.51. The second-order valence-corrected chi connectivity index (χ2v) is 7.97. The van der Waals surface area contributed by atoms with Crippen LogP contribution in [0.4, 0.5) is 0 Å². The van der Waals surface area contributed by atoms with Crippen LogP contribution in [0.1, 0.15) is 36.5 Å². The van der Waals surface area contributed by atoms with E-state index in [1.807, 2.05) is 18.6 Å². The van der Waals surface area contributed by atoms with Crippen LogP contribution in [-0.2, 0) is 19.6 Å². The van der Waals surface area contributed by atoms with Crippen LogP contribution in [0.25, 0.3) is 0 Å². The lowest BCUT2D eigenvalue weighted by Gasteiger charge is -2.15. The molecule has 162 valence electrons. The summed E-state index contributed by atoms with van der Waals surface area (Å²) < 4.78 is 8.10. The number of guanidine groups is 1. The number of rotatable bonds is 10. The van der Waals surface area contributed by atoms with Gasteiger partial charge >= 0.3 is 0 Å². The molecule has 2 aromatic carbocycles. The van der Waals surface area contributed by atoms with Crippen molar-refractivity contribution < 1.29 is 4.74 Å². The van der Waals surface area contributed by atoms with Crippen LogP contribution in [-0.4, -0.2) is 28.7 Å². The highest BCUT2D eigenvalue weighted by Crippen LogP contribution is 2.30. The Morgan fingerprint density at radius 3 is 2.81 bits per heavy atom. The van der Waals surface area contributed by atoms with Crippen LogP contribution in [0.15, 0.2) is 72.2 Å². The second kappa shape index (κ2) is 10.7. The van der Waals surface area contributed by atoms with E-state index in [0.29, 0.717) is 13.1 Å². The fourth-order valence-electron chi connectivity index (χ4n) is 3.39. The van der Waals surface area contributed by atoms with Gasteiger partial charge in [-0.3, -0.25) is 0 Å². The van der Waals surface area contributed by atoms with Crippen molar-refractivity contribution >= 4 is 5.96 Å². The summed E-state index contributed by atoms with van der Waals surface area (Å²) in [5.41, 5.74) is 3.57. The fraction of sp³-hybridized carbons (Fsp3) is 0.360. The summed E-state index contributed by atoms with van der Waals surface area (Å²) in [4.78, 5) is 8.90. The van der Waals surface area contributed by atoms with Crippen LogP contribution in [0.5, 0.6) is 5.75 Å². The van der Waals surface area contributed by atoms with Crippen molar-refractivity contribution in [1.29, 1.82) is 0 Å². The SMILES string of the molecule is CCNC(=NCc1cccc(Cn2ccnc2)c1)NCc1ccccc1OCC1CC1. The van der Waals surface area contributed by atoms with Gasteiger partial charge in [-0.15, -0.1) is 0 Å². The van der Waals surface area contributed by atoms with Gasteiger partial charge in [0.25, 0.3) is 0 Å². The van der Waals surface area contributed by atoms with E-state index >= 15 is 0 Å². The number of ether oxygens (including phenoxy) is 1. The molecule has 1 fully saturated rings. The Morgan fingerprint density at radius 2 is 2.00 bits per heavy atom. The van der Waals surface area contributed by atoms with E-state index < -0.39 is 0 Å². The number of para-hydroxylation sites is 1. The highest BCUT2D eigenvalue weighted by atomic mass is 16.5. The average molecular weight is 418 g/mol. The zero-order valence-corrected chi connectivity index (χ0v) is 18.1. The molecule has 6 nitrogen and oxygen atoms in total. The van der Waals surface area contributed by atoms with E-state index in [0.717, 1.165) is 42.9 Å². The van der Waals surface area contributed by atoms with Gasteiger partial charge in [0.1, 0.15) is 5.75 Å². The molecule has 3 aromatic rings. The summed E-state index contributed by atoms with van der Waals surface area (Å²) in [6, 6.07) is 16.8. The number of hydrogen-bond acceptors (Lipinski definition) is 3. The first kappa shape index (κ1) is 21.0. The van der Waals surface area contributed by atoms with E-state index in [2.05, 4.69) is 69.6 Å². The highest BCUT2D eigenvalue weighted by molar-refractivity contribution is 5.79. The van der Waals surface area contributed by atoms with Crippen molar-refractivity contribution in [2.75, 3.05) is 13.2 Å². The molecule has 31 heavy (non-hydrogen) atoms. The van der Waals surface area contributed by atoms with E-state index in [1.54, 1.807) is 6.20 Å². The van der Waals surface area contributed by atoms with Gasteiger partial charge in [-0.1, -0.05) is 42.5 Å². The van der Waals surface area contributed by atoms with Gasteiger partial charge in [-0.25, -0.2) is 9.98 Å². The molecular weight excluding hydrogens is 386 g/mol. The van der Waals surface area contributed by atoms with E-state index in [-0.39, 0.29) is 0 Å². The molecule has 1 aliphatic rings. The quantitative estimate of drug-likeness (QED) is 0.387. The fourth-order valence-corrected chi connectivity index (χ4v) is 3.39. The average Bonchev–Trinajstić information content (AvgIpc) is 3.49. The number of nitrogens with zero attached hydrogens (tertiary/aromatic N) is 3. The molecule has 0 spiro atoms. The van der Waals surface area contributed by atoms with Crippen molar-refractivity contribution in [3.63, 3.8) is 0 Å². The number of nitrogens with one attached hydrogen (secondary N) is 2. The summed E-state index contributed by atoms with van der Waals surface area (Å²) in [5, 5.41) is 6.79. The Bertz CT molecular complexity index is 979. The van der Waals surface area contributed by atoms with Gasteiger partial charge in [0, 0.05) is 37.6 Å². The Morgan fingerprint density at radius 1 is 1.13 bits per heavy atom. The number of aromatic nitrogens is 2. The normalized spacial score (nSPS) is 13.8. The largest absolute Gasteiger partial charge is 0.493 e. The number of benzene rings is 2. The number of hydrogen-bond donors (Lipinski definition) is 2. The van der Waals surface area contributed by atoms with Gasteiger partial charge in [-0.05, 0) is 42.9 Å². The molecule has 1 aromatic heterocycles. The smallest absolute Gasteiger partial charge is 0.191 e. The van der Waals surface area contributed by atoms with Crippen LogP contribution in [0, 0.1) is 5.92 Å². The molecule has 0 aliphatic heterocycles. The lowest BCUT2D eigenvalue weighted by Crippen LogP contribution is -2.36. The Kier molecular flexibility index (Phi) is 7.21. The predicted octanol–water partition coefficient (Wildman–Crippen LogP) is 3.98. The maximum Gasteiger partial charge on any atom is 0.191 e. The van der Waals surface area contributed by atoms with Gasteiger partial charge in [0.15, 0.2) is 5.96 Å². The molecule has 0 amide bonds. The topological polar surface area (TPSA) is 63.5 Å². The van der Waals surface area contributed by atoms with E-state index in [9.17, 15) is 0 Å². The van der Waals surface area contributed by atoms with Crippen molar-refractivity contribution in [2.45, 2.75) is 39.4 Å². The van der Waals surface area contributed by atoms with E-state index in [1.165, 1.54) is 24.0 Å². The minimum atomic E-state index is 0.618. The highest BCUT2D eigenvalue weighted by Gasteiger charge is 2.22. The van der Waals surface area contributed by atoms with E-state index in [4.69, 9.17) is 9.73 Å². The standard InChI is InChI=1S/C25H31N5O/c1-2-27-25(29-16-23-8-3-4-9-24(23)31-18-20-10-11-20)28-15-21-6-5-7-22(14-21)17-30-13-12-26-19-30/h3-9,12-14,19-20H,2,10-11,15-18H2,1H3,(H2,27,28,29). The van der Waals surface area contributed by atoms with Gasteiger partial charge < -0.3 is 19.9 Å². The van der Waals surface area contributed by atoms with Crippen LogP contribution < -0.4 is 15.4 Å². The van der Waals surface area contributed by atoms with Crippen molar-refractivity contribution in [2.24, 2.45) is 10.9 Å². The molecule has 0 radical (unpaired) electrons. The molecule has 6 heteroatoms. The lowest BCUT2D eigenvalue weighted by atomic mass is 10.1. The van der Waals surface area contributed by atoms with Crippen molar-refractivity contribution in [3.8, 4) is 5.75 Å². The van der Waals surface area contributed by atoms with Gasteiger partial charge in [-0.2, -0.15) is 0 Å².